The molecular formula is C29H35FN4O3S. The lowest BCUT2D eigenvalue weighted by Crippen LogP contribution is -2.39. The molecule has 1 aromatic carbocycles. The number of nitrogens with one attached hydrogen (secondary N) is 1. The molecule has 2 heterocycles. The maximum Gasteiger partial charge on any atom is 0.251 e. The predicted octanol–water partition coefficient (Wildman–Crippen LogP) is 4.74. The summed E-state index contributed by atoms with van der Waals surface area (Å²) in [7, 11) is -2.00. The second-order valence-electron chi connectivity index (χ2n) is 10.5. The molecule has 4 rings (SSSR count). The van der Waals surface area contributed by atoms with E-state index >= 15 is 4.39 Å². The Morgan fingerprint density at radius 2 is 1.84 bits per heavy atom. The molecule has 1 amide bonds. The van der Waals surface area contributed by atoms with Crippen molar-refractivity contribution >= 4 is 21.7 Å². The molecule has 0 saturated heterocycles. The molecule has 0 bridgehead atoms. The molecule has 1 N–H and O–H groups in total. The van der Waals surface area contributed by atoms with Crippen LogP contribution in [0, 0.1) is 0 Å². The molecular weight excluding hydrogens is 503 g/mol. The number of carbonyl (C=O) groups excluding carboxylic acids is 1. The molecule has 0 radical (unpaired) electrons. The molecule has 1 saturated carbocycles. The molecule has 1 aliphatic rings. The third-order valence-corrected chi connectivity index (χ3v) is 8.20. The molecule has 0 atom stereocenters. The summed E-state index contributed by atoms with van der Waals surface area (Å²) in [6.45, 7) is 3.01. The summed E-state index contributed by atoms with van der Waals surface area (Å²) < 4.78 is 40.5. The lowest BCUT2D eigenvalue weighted by Gasteiger charge is -2.26. The second-order valence-corrected chi connectivity index (χ2v) is 12.5. The molecule has 7 nitrogen and oxygen atoms in total. The van der Waals surface area contributed by atoms with E-state index in [0.717, 1.165) is 52.2 Å². The maximum absolute atomic E-state index is 15.1. The van der Waals surface area contributed by atoms with Gasteiger partial charge in [0.25, 0.3) is 5.91 Å². The molecule has 0 unspecified atom stereocenters. The summed E-state index contributed by atoms with van der Waals surface area (Å²) in [5.41, 5.74) is 2.80. The zero-order valence-corrected chi connectivity index (χ0v) is 23.2. The van der Waals surface area contributed by atoms with E-state index in [9.17, 15) is 13.2 Å². The van der Waals surface area contributed by atoms with Crippen LogP contribution in [-0.2, 0) is 35.0 Å². The Morgan fingerprint density at radius 3 is 2.50 bits per heavy atom. The smallest absolute Gasteiger partial charge is 0.251 e. The Labute approximate surface area is 224 Å². The van der Waals surface area contributed by atoms with Crippen LogP contribution in [0.5, 0.6) is 0 Å². The number of carbonyl (C=O) groups is 1. The van der Waals surface area contributed by atoms with Crippen molar-refractivity contribution in [2.45, 2.75) is 64.1 Å². The highest BCUT2D eigenvalue weighted by Gasteiger charge is 2.25. The second kappa shape index (κ2) is 11.2. The largest absolute Gasteiger partial charge is 0.349 e. The van der Waals surface area contributed by atoms with Crippen LogP contribution in [-0.4, -0.2) is 43.6 Å². The van der Waals surface area contributed by atoms with Gasteiger partial charge in [-0.15, -0.1) is 0 Å². The fraction of sp³-hybridized carbons (Fsp3) is 0.414. The van der Waals surface area contributed by atoms with Crippen molar-refractivity contribution in [1.82, 2.24) is 15.3 Å². The van der Waals surface area contributed by atoms with Gasteiger partial charge in [-0.3, -0.25) is 14.1 Å². The Kier molecular flexibility index (Phi) is 8.16. The van der Waals surface area contributed by atoms with E-state index in [1.54, 1.807) is 18.5 Å². The number of halogens is 1. The molecule has 3 aromatic rings. The predicted molar refractivity (Wildman–Crippen MR) is 148 cm³/mol. The SMILES string of the molecule is CN(c1ncccc1CCc1cc(Cc2cccc(C(=O)NC3CCC3)c2)ncc1C(C)(C)F)S(C)(=O)=O. The van der Waals surface area contributed by atoms with Crippen LogP contribution in [0.15, 0.2) is 54.9 Å². The summed E-state index contributed by atoms with van der Waals surface area (Å²) in [5, 5.41) is 3.07. The molecule has 1 fully saturated rings. The fourth-order valence-electron chi connectivity index (χ4n) is 4.57. The Morgan fingerprint density at radius 1 is 1.11 bits per heavy atom. The van der Waals surface area contributed by atoms with Gasteiger partial charge in [0.15, 0.2) is 0 Å². The van der Waals surface area contributed by atoms with E-state index in [0.29, 0.717) is 36.2 Å². The van der Waals surface area contributed by atoms with Gasteiger partial charge in [-0.2, -0.15) is 0 Å². The minimum absolute atomic E-state index is 0.0638. The van der Waals surface area contributed by atoms with Crippen molar-refractivity contribution in [3.63, 3.8) is 0 Å². The van der Waals surface area contributed by atoms with E-state index in [4.69, 9.17) is 0 Å². The van der Waals surface area contributed by atoms with Gasteiger partial charge in [0.2, 0.25) is 10.0 Å². The summed E-state index contributed by atoms with van der Waals surface area (Å²) in [5.74, 6) is 0.299. The molecule has 0 spiro atoms. The molecule has 9 heteroatoms. The summed E-state index contributed by atoms with van der Waals surface area (Å²) in [6, 6.07) is 13.3. The molecule has 2 aromatic heterocycles. The summed E-state index contributed by atoms with van der Waals surface area (Å²) >= 11 is 0. The number of pyridine rings is 2. The van der Waals surface area contributed by atoms with Crippen LogP contribution in [0.1, 0.15) is 71.4 Å². The van der Waals surface area contributed by atoms with Crippen molar-refractivity contribution in [3.8, 4) is 0 Å². The van der Waals surface area contributed by atoms with Crippen molar-refractivity contribution in [2.75, 3.05) is 17.6 Å². The van der Waals surface area contributed by atoms with Crippen LogP contribution < -0.4 is 9.62 Å². The van der Waals surface area contributed by atoms with Crippen LogP contribution >= 0.6 is 0 Å². The Balaban J connectivity index is 1.56. The highest BCUT2D eigenvalue weighted by Crippen LogP contribution is 2.30. The van der Waals surface area contributed by atoms with Crippen LogP contribution in [0.25, 0.3) is 0 Å². The van der Waals surface area contributed by atoms with Crippen molar-refractivity contribution in [2.24, 2.45) is 0 Å². The van der Waals surface area contributed by atoms with Gasteiger partial charge in [-0.05, 0) is 86.9 Å². The van der Waals surface area contributed by atoms with Crippen LogP contribution in [0.4, 0.5) is 10.2 Å². The molecule has 38 heavy (non-hydrogen) atoms. The van der Waals surface area contributed by atoms with E-state index in [2.05, 4.69) is 15.3 Å². The van der Waals surface area contributed by atoms with Gasteiger partial charge in [-0.1, -0.05) is 18.2 Å². The zero-order chi connectivity index (χ0) is 27.5. The highest BCUT2D eigenvalue weighted by molar-refractivity contribution is 7.92. The van der Waals surface area contributed by atoms with Gasteiger partial charge >= 0.3 is 0 Å². The minimum atomic E-state index is -3.48. The Hall–Kier alpha value is -3.33. The van der Waals surface area contributed by atoms with E-state index < -0.39 is 15.7 Å². The van der Waals surface area contributed by atoms with Gasteiger partial charge in [0, 0.05) is 48.7 Å². The average molecular weight is 539 g/mol. The number of nitrogens with zero attached hydrogens (tertiary/aromatic N) is 3. The summed E-state index contributed by atoms with van der Waals surface area (Å²) in [4.78, 5) is 21.4. The maximum atomic E-state index is 15.1. The monoisotopic (exact) mass is 538 g/mol. The first-order chi connectivity index (χ1) is 17.9. The first-order valence-electron chi connectivity index (χ1n) is 12.9. The quantitative estimate of drug-likeness (QED) is 0.403. The number of amides is 1. The average Bonchev–Trinajstić information content (AvgIpc) is 2.83. The fourth-order valence-corrected chi connectivity index (χ4v) is 5.05. The first kappa shape index (κ1) is 27.7. The number of anilines is 1. The number of benzene rings is 1. The topological polar surface area (TPSA) is 92.3 Å². The number of alkyl halides is 1. The molecule has 1 aliphatic carbocycles. The van der Waals surface area contributed by atoms with Crippen molar-refractivity contribution in [3.05, 3.63) is 88.4 Å². The number of rotatable bonds is 10. The van der Waals surface area contributed by atoms with Gasteiger partial charge in [0.05, 0.1) is 6.26 Å². The van der Waals surface area contributed by atoms with Crippen LogP contribution in [0.3, 0.4) is 0 Å². The van der Waals surface area contributed by atoms with Gasteiger partial charge in [-0.25, -0.2) is 17.8 Å². The lowest BCUT2D eigenvalue weighted by molar-refractivity contribution is 0.0917. The number of hydrogen-bond acceptors (Lipinski definition) is 5. The number of sulfonamides is 1. The zero-order valence-electron chi connectivity index (χ0n) is 22.4. The summed E-state index contributed by atoms with van der Waals surface area (Å²) in [6.07, 6.45) is 8.95. The van der Waals surface area contributed by atoms with Crippen molar-refractivity contribution in [1.29, 1.82) is 0 Å². The number of aryl methyl sites for hydroxylation is 2. The minimum Gasteiger partial charge on any atom is -0.349 e. The third-order valence-electron chi connectivity index (χ3n) is 7.03. The highest BCUT2D eigenvalue weighted by atomic mass is 32.2. The van der Waals surface area contributed by atoms with E-state index in [-0.39, 0.29) is 11.9 Å². The van der Waals surface area contributed by atoms with Crippen LogP contribution in [0.2, 0.25) is 0 Å². The first-order valence-corrected chi connectivity index (χ1v) is 14.7. The van der Waals surface area contributed by atoms with Gasteiger partial charge < -0.3 is 5.32 Å². The molecule has 0 aliphatic heterocycles. The standard InChI is InChI=1S/C29H35FN4O3S/c1-29(2,30)26-19-32-25(17-20-8-5-9-23(16-20)28(35)33-24-11-6-12-24)18-22(26)14-13-21-10-7-15-31-27(21)34(3)38(4,36)37/h5,7-10,15-16,18-19,24H,6,11-14,17H2,1-4H3,(H,33,35). The van der Waals surface area contributed by atoms with E-state index in [1.165, 1.54) is 20.9 Å². The number of aromatic nitrogens is 2. The van der Waals surface area contributed by atoms with E-state index in [1.807, 2.05) is 36.4 Å². The van der Waals surface area contributed by atoms with Gasteiger partial charge in [0.1, 0.15) is 11.5 Å². The Bertz CT molecular complexity index is 1420. The molecule has 202 valence electrons. The van der Waals surface area contributed by atoms with Crippen molar-refractivity contribution < 1.29 is 17.6 Å². The number of hydrogen-bond donors (Lipinski definition) is 1. The third kappa shape index (κ3) is 6.75. The lowest BCUT2D eigenvalue weighted by atomic mass is 9.91. The normalized spacial score (nSPS) is 14.1.